The molecule has 1 aliphatic rings. The van der Waals surface area contributed by atoms with Gasteiger partial charge in [-0.05, 0) is 0 Å². The Morgan fingerprint density at radius 3 is 2.38 bits per heavy atom. The fourth-order valence-corrected chi connectivity index (χ4v) is 0.388. The number of hydrogen-bond donors (Lipinski definition) is 0. The Labute approximate surface area is 70.9 Å². The van der Waals surface area contributed by atoms with Crippen molar-refractivity contribution in [2.75, 3.05) is 0 Å². The maximum Gasteiger partial charge on any atom is 0.216 e. The maximum absolute atomic E-state index is 5.34. The molecule has 5 heteroatoms. The van der Waals surface area contributed by atoms with E-state index in [2.05, 4.69) is 9.78 Å². The van der Waals surface area contributed by atoms with Crippen molar-refractivity contribution in [3.05, 3.63) is 11.3 Å². The molecule has 0 saturated heterocycles. The van der Waals surface area contributed by atoms with Crippen molar-refractivity contribution in [1.82, 2.24) is 0 Å². The number of rotatable bonds is 0. The monoisotopic (exact) mass is 324 g/mol. The van der Waals surface area contributed by atoms with Crippen molar-refractivity contribution in [3.63, 3.8) is 0 Å². The van der Waals surface area contributed by atoms with E-state index in [1.807, 2.05) is 0 Å². The van der Waals surface area contributed by atoms with Crippen LogP contribution in [0.3, 0.4) is 0 Å². The molecule has 1 heterocycles. The first-order valence-electron chi connectivity index (χ1n) is 1.62. The zero-order valence-corrected chi connectivity index (χ0v) is 8.08. The van der Waals surface area contributed by atoms with E-state index >= 15 is 0 Å². The van der Waals surface area contributed by atoms with Crippen LogP contribution >= 0.6 is 23.2 Å². The molecular formula is C3H2Cl2O2W. The molecule has 0 spiro atoms. The summed E-state index contributed by atoms with van der Waals surface area (Å²) in [7, 11) is 0. The summed E-state index contributed by atoms with van der Waals surface area (Å²) < 4.78 is 0. The van der Waals surface area contributed by atoms with Crippen molar-refractivity contribution in [3.8, 4) is 0 Å². The number of hydrogen-bond acceptors (Lipinski definition) is 2. The Balaban J connectivity index is 0.000000490. The zero-order chi connectivity index (χ0) is 5.28. The molecule has 0 aromatic carbocycles. The molecule has 0 aliphatic carbocycles. The van der Waals surface area contributed by atoms with Crippen molar-refractivity contribution < 1.29 is 30.8 Å². The molecule has 0 saturated carbocycles. The number of alkyl halides is 1. The van der Waals surface area contributed by atoms with Gasteiger partial charge in [-0.2, -0.15) is 4.89 Å². The topological polar surface area (TPSA) is 18.5 Å². The summed E-state index contributed by atoms with van der Waals surface area (Å²) in [4.78, 5) is 8.55. The van der Waals surface area contributed by atoms with E-state index in [0.717, 1.165) is 0 Å². The zero-order valence-electron chi connectivity index (χ0n) is 3.64. The molecule has 1 atom stereocenters. The molecule has 2 nitrogen and oxygen atoms in total. The van der Waals surface area contributed by atoms with Gasteiger partial charge in [0.1, 0.15) is 11.3 Å². The molecule has 0 radical (unpaired) electrons. The van der Waals surface area contributed by atoms with Gasteiger partial charge in [-0.3, -0.25) is 0 Å². The van der Waals surface area contributed by atoms with Gasteiger partial charge < -0.3 is 4.89 Å². The molecule has 0 amide bonds. The smallest absolute Gasteiger partial charge is 0.216 e. The summed E-state index contributed by atoms with van der Waals surface area (Å²) in [5, 5.41) is 0.377. The summed E-state index contributed by atoms with van der Waals surface area (Å²) in [5.41, 5.74) is -0.610. The maximum atomic E-state index is 5.34. The van der Waals surface area contributed by atoms with E-state index in [-0.39, 0.29) is 21.1 Å². The van der Waals surface area contributed by atoms with Gasteiger partial charge in [-0.25, -0.2) is 0 Å². The van der Waals surface area contributed by atoms with Gasteiger partial charge in [0.25, 0.3) is 0 Å². The second kappa shape index (κ2) is 3.73. The second-order valence-corrected chi connectivity index (χ2v) is 1.84. The molecule has 0 aromatic heterocycles. The second-order valence-electron chi connectivity index (χ2n) is 1.01. The molecule has 46 valence electrons. The van der Waals surface area contributed by atoms with Crippen LogP contribution in [0.4, 0.5) is 0 Å². The van der Waals surface area contributed by atoms with Crippen LogP contribution in [0.5, 0.6) is 0 Å². The van der Waals surface area contributed by atoms with Crippen molar-refractivity contribution in [2.45, 2.75) is 5.56 Å². The third kappa shape index (κ3) is 1.94. The third-order valence-electron chi connectivity index (χ3n) is 0.518. The van der Waals surface area contributed by atoms with Crippen LogP contribution in [-0.4, -0.2) is 5.56 Å². The minimum atomic E-state index is -0.610. The summed E-state index contributed by atoms with van der Waals surface area (Å²) in [6.45, 7) is 0. The SMILES string of the molecule is ClC1=COOC1Cl.[W]. The van der Waals surface area contributed by atoms with Crippen molar-refractivity contribution >= 4 is 23.2 Å². The van der Waals surface area contributed by atoms with Gasteiger partial charge in [0.2, 0.25) is 5.56 Å². The molecular weight excluding hydrogens is 323 g/mol. The van der Waals surface area contributed by atoms with E-state index < -0.39 is 5.56 Å². The molecule has 0 aromatic rings. The predicted octanol–water partition coefficient (Wildman–Crippen LogP) is 1.59. The van der Waals surface area contributed by atoms with Gasteiger partial charge in [-0.1, -0.05) is 23.2 Å². The molecule has 0 fully saturated rings. The number of halogens is 2. The predicted molar refractivity (Wildman–Crippen MR) is 25.7 cm³/mol. The molecule has 1 unspecified atom stereocenters. The Kier molecular flexibility index (Phi) is 4.09. The van der Waals surface area contributed by atoms with Gasteiger partial charge in [0.15, 0.2) is 0 Å². The van der Waals surface area contributed by atoms with Crippen LogP contribution in [0.1, 0.15) is 0 Å². The molecule has 8 heavy (non-hydrogen) atoms. The first kappa shape index (κ1) is 8.77. The van der Waals surface area contributed by atoms with Crippen molar-refractivity contribution in [2.24, 2.45) is 0 Å². The average Bonchev–Trinajstić information content (AvgIpc) is 1.91. The molecule has 1 aliphatic heterocycles. The summed E-state index contributed by atoms with van der Waals surface area (Å²) in [6, 6.07) is 0. The van der Waals surface area contributed by atoms with Crippen molar-refractivity contribution in [1.29, 1.82) is 0 Å². The fourth-order valence-electron chi connectivity index (χ4n) is 0.222. The quantitative estimate of drug-likeness (QED) is 0.498. The Morgan fingerprint density at radius 1 is 1.62 bits per heavy atom. The summed E-state index contributed by atoms with van der Waals surface area (Å²) in [5.74, 6) is 0. The largest absolute Gasteiger partial charge is 0.342 e. The Morgan fingerprint density at radius 2 is 2.25 bits per heavy atom. The van der Waals surface area contributed by atoms with Crippen LogP contribution < -0.4 is 0 Å². The normalized spacial score (nSPS) is 25.8. The third-order valence-corrected chi connectivity index (χ3v) is 1.22. The summed E-state index contributed by atoms with van der Waals surface area (Å²) in [6.07, 6.45) is 1.25. The fraction of sp³-hybridized carbons (Fsp3) is 0.333. The average molecular weight is 325 g/mol. The van der Waals surface area contributed by atoms with Gasteiger partial charge in [0, 0.05) is 21.1 Å². The van der Waals surface area contributed by atoms with E-state index in [4.69, 9.17) is 23.2 Å². The van der Waals surface area contributed by atoms with Crippen LogP contribution in [0.2, 0.25) is 0 Å². The minimum absolute atomic E-state index is 0. The van der Waals surface area contributed by atoms with E-state index in [9.17, 15) is 0 Å². The van der Waals surface area contributed by atoms with Gasteiger partial charge in [-0.15, -0.1) is 0 Å². The van der Waals surface area contributed by atoms with Crippen LogP contribution in [0.15, 0.2) is 11.3 Å². The molecule has 0 N–H and O–H groups in total. The van der Waals surface area contributed by atoms with E-state index in [1.54, 1.807) is 0 Å². The van der Waals surface area contributed by atoms with E-state index in [1.165, 1.54) is 6.26 Å². The molecule has 1 rings (SSSR count). The Bertz CT molecular complexity index is 105. The van der Waals surface area contributed by atoms with E-state index in [0.29, 0.717) is 5.03 Å². The molecule has 0 bridgehead atoms. The van der Waals surface area contributed by atoms with Crippen LogP contribution in [-0.2, 0) is 30.8 Å². The van der Waals surface area contributed by atoms with Gasteiger partial charge >= 0.3 is 0 Å². The first-order valence-corrected chi connectivity index (χ1v) is 2.44. The minimum Gasteiger partial charge on any atom is -0.342 e. The first-order chi connectivity index (χ1) is 3.30. The van der Waals surface area contributed by atoms with Crippen LogP contribution in [0.25, 0.3) is 0 Å². The Hall–Kier alpha value is 0.768. The van der Waals surface area contributed by atoms with Gasteiger partial charge in [0.05, 0.1) is 0 Å². The summed E-state index contributed by atoms with van der Waals surface area (Å²) >= 11 is 10.7. The standard InChI is InChI=1S/C3H2Cl2O2.W/c4-2-1-6-7-3(2)5;/h1,3H;. The van der Waals surface area contributed by atoms with Crippen LogP contribution in [0, 0.1) is 0 Å².